The number of hydrogen-bond acceptors (Lipinski definition) is 4. The third-order valence-electron chi connectivity index (χ3n) is 7.68. The van der Waals surface area contributed by atoms with E-state index in [9.17, 15) is 18.0 Å². The monoisotopic (exact) mass is 675 g/mol. The standard InChI is InChI=1S/C38H39ClFNO5S/c1-25-22-31(39)16-17-32(25)30-15-18-34(40)35(24-30)41-37(43)33(28-11-7-26(8-12-28)19-20-38(2,3)4)23-27-9-13-29(14-10-27)36(42)6-5-21-47(44,45)46/h7-20,22,24,33H,5-6,21,23H2,1-4H3,(H,41,43)(H,44,45,46)/b20-19+. The quantitative estimate of drug-likeness (QED) is 0.115. The topological polar surface area (TPSA) is 101 Å². The van der Waals surface area contributed by atoms with Crippen molar-refractivity contribution in [1.82, 2.24) is 0 Å². The lowest BCUT2D eigenvalue weighted by Gasteiger charge is -2.19. The number of amides is 1. The fourth-order valence-corrected chi connectivity index (χ4v) is 5.86. The first-order valence-electron chi connectivity index (χ1n) is 15.3. The van der Waals surface area contributed by atoms with Crippen molar-refractivity contribution in [2.24, 2.45) is 5.41 Å². The van der Waals surface area contributed by atoms with E-state index in [0.717, 1.165) is 33.4 Å². The highest BCUT2D eigenvalue weighted by molar-refractivity contribution is 7.85. The molecule has 0 aliphatic heterocycles. The number of halogens is 2. The smallest absolute Gasteiger partial charge is 0.264 e. The summed E-state index contributed by atoms with van der Waals surface area (Å²) >= 11 is 6.13. The molecule has 4 aromatic carbocycles. The lowest BCUT2D eigenvalue weighted by Crippen LogP contribution is -2.23. The largest absolute Gasteiger partial charge is 0.323 e. The van der Waals surface area contributed by atoms with E-state index in [1.54, 1.807) is 42.5 Å². The maximum atomic E-state index is 15.1. The Morgan fingerprint density at radius 1 is 0.957 bits per heavy atom. The molecule has 4 aromatic rings. The summed E-state index contributed by atoms with van der Waals surface area (Å²) in [6, 6.07) is 24.5. The molecular weight excluding hydrogens is 637 g/mol. The van der Waals surface area contributed by atoms with Gasteiger partial charge in [0.15, 0.2) is 5.78 Å². The van der Waals surface area contributed by atoms with E-state index in [0.29, 0.717) is 10.6 Å². The van der Waals surface area contributed by atoms with E-state index >= 15 is 4.39 Å². The van der Waals surface area contributed by atoms with E-state index in [1.807, 2.05) is 49.4 Å². The van der Waals surface area contributed by atoms with Gasteiger partial charge in [-0.2, -0.15) is 8.42 Å². The van der Waals surface area contributed by atoms with Crippen molar-refractivity contribution < 1.29 is 27.0 Å². The SMILES string of the molecule is Cc1cc(Cl)ccc1-c1ccc(F)c(NC(=O)C(Cc2ccc(C(=O)CCCS(=O)(=O)O)cc2)c2ccc(/C=C/C(C)(C)C)cc2)c1. The van der Waals surface area contributed by atoms with Gasteiger partial charge in [0.2, 0.25) is 5.91 Å². The number of allylic oxidation sites excluding steroid dienone is 1. The molecule has 6 nitrogen and oxygen atoms in total. The first kappa shape index (κ1) is 35.7. The van der Waals surface area contributed by atoms with E-state index in [4.69, 9.17) is 16.2 Å². The van der Waals surface area contributed by atoms with Gasteiger partial charge in [0.1, 0.15) is 5.82 Å². The fourth-order valence-electron chi connectivity index (χ4n) is 5.13. The van der Waals surface area contributed by atoms with Crippen LogP contribution in [0.15, 0.2) is 91.0 Å². The minimum atomic E-state index is -4.14. The van der Waals surface area contributed by atoms with Crippen molar-refractivity contribution in [2.45, 2.75) is 52.9 Å². The fraction of sp³-hybridized carbons (Fsp3) is 0.263. The van der Waals surface area contributed by atoms with Crippen LogP contribution in [0.1, 0.15) is 72.1 Å². The Balaban J connectivity index is 1.60. The summed E-state index contributed by atoms with van der Waals surface area (Å²) in [5.41, 5.74) is 5.49. The van der Waals surface area contributed by atoms with Crippen molar-refractivity contribution in [3.63, 3.8) is 0 Å². The van der Waals surface area contributed by atoms with Crippen LogP contribution >= 0.6 is 11.6 Å². The molecule has 47 heavy (non-hydrogen) atoms. The van der Waals surface area contributed by atoms with Crippen LogP contribution in [-0.2, 0) is 21.3 Å². The second kappa shape index (κ2) is 15.2. The van der Waals surface area contributed by atoms with Gasteiger partial charge in [-0.25, -0.2) is 4.39 Å². The second-order valence-electron chi connectivity index (χ2n) is 12.8. The molecule has 246 valence electrons. The highest BCUT2D eigenvalue weighted by atomic mass is 35.5. The molecule has 1 unspecified atom stereocenters. The average Bonchev–Trinajstić information content (AvgIpc) is 2.99. The van der Waals surface area contributed by atoms with Gasteiger partial charge in [0.25, 0.3) is 10.1 Å². The number of anilines is 1. The Hall–Kier alpha value is -4.11. The van der Waals surface area contributed by atoms with E-state index in [-0.39, 0.29) is 36.1 Å². The summed E-state index contributed by atoms with van der Waals surface area (Å²) in [5, 5.41) is 3.41. The Morgan fingerprint density at radius 2 is 1.64 bits per heavy atom. The van der Waals surface area contributed by atoms with Crippen molar-refractivity contribution in [1.29, 1.82) is 0 Å². The summed E-state index contributed by atoms with van der Waals surface area (Å²) in [5.74, 6) is -2.38. The van der Waals surface area contributed by atoms with Crippen LogP contribution in [0.4, 0.5) is 10.1 Å². The maximum Gasteiger partial charge on any atom is 0.264 e. The number of nitrogens with one attached hydrogen (secondary N) is 1. The van der Waals surface area contributed by atoms with Crippen molar-refractivity contribution in [3.05, 3.63) is 130 Å². The van der Waals surface area contributed by atoms with Gasteiger partial charge in [0.05, 0.1) is 17.4 Å². The number of hydrogen-bond donors (Lipinski definition) is 2. The lowest BCUT2D eigenvalue weighted by atomic mass is 9.89. The number of Topliss-reactive ketones (excluding diaryl/α,β-unsaturated/α-hetero) is 1. The average molecular weight is 676 g/mol. The molecular formula is C38H39ClFNO5S. The third kappa shape index (κ3) is 10.7. The summed E-state index contributed by atoms with van der Waals surface area (Å²) in [6.45, 7) is 8.24. The Kier molecular flexibility index (Phi) is 11.6. The molecule has 0 aliphatic rings. The number of carbonyl (C=O) groups excluding carboxylic acids is 2. The summed E-state index contributed by atoms with van der Waals surface area (Å²) in [4.78, 5) is 26.5. The number of carbonyl (C=O) groups is 2. The zero-order valence-electron chi connectivity index (χ0n) is 26.9. The molecule has 0 bridgehead atoms. The van der Waals surface area contributed by atoms with Gasteiger partial charge in [-0.15, -0.1) is 0 Å². The number of ketones is 1. The Bertz CT molecular complexity index is 1880. The van der Waals surface area contributed by atoms with E-state index in [2.05, 4.69) is 32.2 Å². The molecule has 0 fully saturated rings. The molecule has 0 radical (unpaired) electrons. The molecule has 1 atom stereocenters. The molecule has 0 saturated carbocycles. The molecule has 2 N–H and O–H groups in total. The molecule has 1 amide bonds. The van der Waals surface area contributed by atoms with Crippen LogP contribution in [0.2, 0.25) is 5.02 Å². The van der Waals surface area contributed by atoms with Gasteiger partial charge >= 0.3 is 0 Å². The highest BCUT2D eigenvalue weighted by Gasteiger charge is 2.23. The van der Waals surface area contributed by atoms with Gasteiger partial charge < -0.3 is 5.32 Å². The van der Waals surface area contributed by atoms with Gasteiger partial charge in [-0.05, 0) is 82.8 Å². The number of aryl methyl sites for hydroxylation is 1. The minimum absolute atomic E-state index is 0.00827. The highest BCUT2D eigenvalue weighted by Crippen LogP contribution is 2.31. The summed E-state index contributed by atoms with van der Waals surface area (Å²) < 4.78 is 46.0. The second-order valence-corrected chi connectivity index (χ2v) is 14.8. The van der Waals surface area contributed by atoms with E-state index in [1.165, 1.54) is 6.07 Å². The van der Waals surface area contributed by atoms with Crippen LogP contribution in [0, 0.1) is 18.2 Å². The van der Waals surface area contributed by atoms with Crippen LogP contribution in [-0.4, -0.2) is 30.4 Å². The van der Waals surface area contributed by atoms with Crippen LogP contribution in [0.25, 0.3) is 17.2 Å². The van der Waals surface area contributed by atoms with Gasteiger partial charge in [-0.3, -0.25) is 14.1 Å². The molecule has 4 rings (SSSR count). The lowest BCUT2D eigenvalue weighted by molar-refractivity contribution is -0.117. The summed E-state index contributed by atoms with van der Waals surface area (Å²) in [6.07, 6.45) is 4.40. The molecule has 0 spiro atoms. The Labute approximate surface area is 281 Å². The number of benzene rings is 4. The third-order valence-corrected chi connectivity index (χ3v) is 8.72. The van der Waals surface area contributed by atoms with E-state index < -0.39 is 33.5 Å². The predicted molar refractivity (Wildman–Crippen MR) is 188 cm³/mol. The zero-order chi connectivity index (χ0) is 34.4. The molecule has 0 aliphatic carbocycles. The first-order chi connectivity index (χ1) is 22.1. The van der Waals surface area contributed by atoms with Crippen molar-refractivity contribution in [2.75, 3.05) is 11.1 Å². The zero-order valence-corrected chi connectivity index (χ0v) is 28.5. The first-order valence-corrected chi connectivity index (χ1v) is 17.3. The van der Waals surface area contributed by atoms with Gasteiger partial charge in [-0.1, -0.05) is 105 Å². The van der Waals surface area contributed by atoms with Crippen molar-refractivity contribution >= 4 is 45.2 Å². The number of rotatable bonds is 12. The molecule has 9 heteroatoms. The van der Waals surface area contributed by atoms with Crippen LogP contribution < -0.4 is 5.32 Å². The van der Waals surface area contributed by atoms with Crippen molar-refractivity contribution in [3.8, 4) is 11.1 Å². The Morgan fingerprint density at radius 3 is 2.26 bits per heavy atom. The maximum absolute atomic E-state index is 15.1. The molecule has 0 aromatic heterocycles. The molecule has 0 heterocycles. The minimum Gasteiger partial charge on any atom is -0.323 e. The van der Waals surface area contributed by atoms with Gasteiger partial charge in [0, 0.05) is 17.0 Å². The summed E-state index contributed by atoms with van der Waals surface area (Å²) in [7, 11) is -4.14. The molecule has 0 saturated heterocycles. The van der Waals surface area contributed by atoms with Crippen LogP contribution in [0.3, 0.4) is 0 Å². The normalized spacial score (nSPS) is 12.7. The predicted octanol–water partition coefficient (Wildman–Crippen LogP) is 9.33. The van der Waals surface area contributed by atoms with Crippen LogP contribution in [0.5, 0.6) is 0 Å².